The van der Waals surface area contributed by atoms with Crippen LogP contribution in [0.4, 0.5) is 0 Å². The van der Waals surface area contributed by atoms with Crippen molar-refractivity contribution in [3.63, 3.8) is 0 Å². The van der Waals surface area contributed by atoms with Crippen molar-refractivity contribution in [3.8, 4) is 12.3 Å². The number of piperidine rings is 1. The zero-order chi connectivity index (χ0) is 8.10. The van der Waals surface area contributed by atoms with Crippen molar-refractivity contribution in [2.24, 2.45) is 5.92 Å². The maximum Gasteiger partial charge on any atom is 0.149 e. The number of hydrogen-bond donors (Lipinski definition) is 1. The minimum atomic E-state index is 0.180. The molecule has 1 rings (SSSR count). The van der Waals surface area contributed by atoms with Crippen LogP contribution in [0.2, 0.25) is 0 Å². The Morgan fingerprint density at radius 3 is 3.09 bits per heavy atom. The van der Waals surface area contributed by atoms with Gasteiger partial charge in [-0.15, -0.1) is 6.42 Å². The average Bonchev–Trinajstić information content (AvgIpc) is 2.07. The Morgan fingerprint density at radius 2 is 2.55 bits per heavy atom. The first kappa shape index (κ1) is 8.29. The van der Waals surface area contributed by atoms with Gasteiger partial charge in [-0.05, 0) is 19.4 Å². The number of Topliss-reactive ketones (excluding diaryl/α,β-unsaturated/α-hetero) is 1. The lowest BCUT2D eigenvalue weighted by molar-refractivity contribution is -0.122. The van der Waals surface area contributed by atoms with E-state index in [0.717, 1.165) is 25.9 Å². The Morgan fingerprint density at radius 1 is 1.73 bits per heavy atom. The van der Waals surface area contributed by atoms with Crippen molar-refractivity contribution in [2.75, 3.05) is 13.1 Å². The number of nitrogens with one attached hydrogen (secondary N) is 1. The van der Waals surface area contributed by atoms with Gasteiger partial charge in [-0.1, -0.05) is 5.92 Å². The van der Waals surface area contributed by atoms with E-state index in [2.05, 4.69) is 11.2 Å². The molecule has 11 heavy (non-hydrogen) atoms. The van der Waals surface area contributed by atoms with Gasteiger partial charge < -0.3 is 5.32 Å². The smallest absolute Gasteiger partial charge is 0.149 e. The van der Waals surface area contributed by atoms with Crippen LogP contribution in [0.25, 0.3) is 0 Å². The summed E-state index contributed by atoms with van der Waals surface area (Å²) >= 11 is 0. The fourth-order valence-corrected chi connectivity index (χ4v) is 1.37. The van der Waals surface area contributed by atoms with Crippen LogP contribution in [0, 0.1) is 18.3 Å². The highest BCUT2D eigenvalue weighted by Gasteiger charge is 2.19. The summed E-state index contributed by atoms with van der Waals surface area (Å²) < 4.78 is 0. The molecule has 1 N–H and O–H groups in total. The minimum absolute atomic E-state index is 0.180. The van der Waals surface area contributed by atoms with Crippen LogP contribution in [0.1, 0.15) is 19.3 Å². The SMILES string of the molecule is C#CCC(=O)C1CCCNC1. The third kappa shape index (κ3) is 2.36. The molecule has 1 atom stereocenters. The zero-order valence-corrected chi connectivity index (χ0v) is 6.60. The fourth-order valence-electron chi connectivity index (χ4n) is 1.37. The minimum Gasteiger partial charge on any atom is -0.316 e. The summed E-state index contributed by atoms with van der Waals surface area (Å²) in [7, 11) is 0. The average molecular weight is 151 g/mol. The highest BCUT2D eigenvalue weighted by atomic mass is 16.1. The summed E-state index contributed by atoms with van der Waals surface area (Å²) in [6.07, 6.45) is 7.45. The van der Waals surface area contributed by atoms with Gasteiger partial charge in [0.15, 0.2) is 0 Å². The van der Waals surface area contributed by atoms with Gasteiger partial charge in [-0.2, -0.15) is 0 Å². The Hall–Kier alpha value is -0.810. The Labute approximate surface area is 67.4 Å². The van der Waals surface area contributed by atoms with Crippen LogP contribution >= 0.6 is 0 Å². The summed E-state index contributed by atoms with van der Waals surface area (Å²) in [5.74, 6) is 2.79. The lowest BCUT2D eigenvalue weighted by atomic mass is 9.94. The van der Waals surface area contributed by atoms with Crippen LogP contribution in [0.3, 0.4) is 0 Å². The summed E-state index contributed by atoms with van der Waals surface area (Å²) in [6.45, 7) is 1.86. The van der Waals surface area contributed by atoms with Crippen LogP contribution in [-0.2, 0) is 4.79 Å². The first-order chi connectivity index (χ1) is 5.34. The third-order valence-corrected chi connectivity index (χ3v) is 2.03. The van der Waals surface area contributed by atoms with E-state index in [4.69, 9.17) is 6.42 Å². The second kappa shape index (κ2) is 4.15. The van der Waals surface area contributed by atoms with Crippen molar-refractivity contribution in [1.29, 1.82) is 0 Å². The Balaban J connectivity index is 2.34. The van der Waals surface area contributed by atoms with Gasteiger partial charge in [0.05, 0.1) is 6.42 Å². The van der Waals surface area contributed by atoms with Gasteiger partial charge in [0.1, 0.15) is 5.78 Å². The summed E-state index contributed by atoms with van der Waals surface area (Å²) in [6, 6.07) is 0. The maximum absolute atomic E-state index is 11.2. The summed E-state index contributed by atoms with van der Waals surface area (Å²) in [5.41, 5.74) is 0. The van der Waals surface area contributed by atoms with E-state index in [1.165, 1.54) is 0 Å². The molecule has 0 aromatic heterocycles. The molecule has 2 heteroatoms. The zero-order valence-electron chi connectivity index (χ0n) is 6.60. The molecule has 1 saturated heterocycles. The van der Waals surface area contributed by atoms with Crippen LogP contribution in [0.5, 0.6) is 0 Å². The quantitative estimate of drug-likeness (QED) is 0.585. The first-order valence-electron chi connectivity index (χ1n) is 4.01. The number of carbonyl (C=O) groups is 1. The van der Waals surface area contributed by atoms with Gasteiger partial charge in [0, 0.05) is 12.5 Å². The molecule has 0 aromatic rings. The lowest BCUT2D eigenvalue weighted by Crippen LogP contribution is -2.34. The molecule has 2 nitrogen and oxygen atoms in total. The molecule has 0 spiro atoms. The van der Waals surface area contributed by atoms with Gasteiger partial charge in [-0.3, -0.25) is 4.79 Å². The molecule has 60 valence electrons. The molecular formula is C9H13NO. The largest absolute Gasteiger partial charge is 0.316 e. The van der Waals surface area contributed by atoms with Crippen molar-refractivity contribution in [3.05, 3.63) is 0 Å². The first-order valence-corrected chi connectivity index (χ1v) is 4.01. The number of hydrogen-bond acceptors (Lipinski definition) is 2. The molecule has 0 amide bonds. The summed E-state index contributed by atoms with van der Waals surface area (Å²) in [5, 5.41) is 3.18. The number of carbonyl (C=O) groups excluding carboxylic acids is 1. The second-order valence-electron chi connectivity index (χ2n) is 2.89. The van der Waals surface area contributed by atoms with Crippen LogP contribution in [-0.4, -0.2) is 18.9 Å². The topological polar surface area (TPSA) is 29.1 Å². The molecule has 0 bridgehead atoms. The highest BCUT2D eigenvalue weighted by Crippen LogP contribution is 2.11. The number of ketones is 1. The molecule has 0 aromatic carbocycles. The monoisotopic (exact) mass is 151 g/mol. The van der Waals surface area contributed by atoms with E-state index < -0.39 is 0 Å². The molecule has 1 unspecified atom stereocenters. The number of terminal acetylenes is 1. The van der Waals surface area contributed by atoms with Crippen molar-refractivity contribution in [1.82, 2.24) is 5.32 Å². The lowest BCUT2D eigenvalue weighted by Gasteiger charge is -2.20. The Kier molecular flexibility index (Phi) is 3.13. The highest BCUT2D eigenvalue weighted by molar-refractivity contribution is 5.83. The third-order valence-electron chi connectivity index (χ3n) is 2.03. The van der Waals surface area contributed by atoms with Crippen LogP contribution in [0.15, 0.2) is 0 Å². The molecule has 1 aliphatic rings. The molecule has 0 radical (unpaired) electrons. The molecule has 1 heterocycles. The molecule has 1 fully saturated rings. The van der Waals surface area contributed by atoms with Crippen molar-refractivity contribution < 1.29 is 4.79 Å². The second-order valence-corrected chi connectivity index (χ2v) is 2.89. The van der Waals surface area contributed by atoms with Gasteiger partial charge >= 0.3 is 0 Å². The number of rotatable bonds is 2. The molecule has 0 saturated carbocycles. The van der Waals surface area contributed by atoms with Gasteiger partial charge in [0.2, 0.25) is 0 Å². The standard InChI is InChI=1S/C9H13NO/c1-2-4-9(11)8-5-3-6-10-7-8/h1,8,10H,3-7H2. The predicted molar refractivity (Wildman–Crippen MR) is 44.1 cm³/mol. The van der Waals surface area contributed by atoms with E-state index in [9.17, 15) is 4.79 Å². The Bertz CT molecular complexity index is 174. The normalized spacial score (nSPS) is 24.1. The fraction of sp³-hybridized carbons (Fsp3) is 0.667. The van der Waals surface area contributed by atoms with Crippen molar-refractivity contribution >= 4 is 5.78 Å². The summed E-state index contributed by atoms with van der Waals surface area (Å²) in [4.78, 5) is 11.2. The molecule has 1 aliphatic heterocycles. The van der Waals surface area contributed by atoms with Crippen LogP contribution < -0.4 is 5.32 Å². The molecular weight excluding hydrogens is 138 g/mol. The van der Waals surface area contributed by atoms with Crippen molar-refractivity contribution in [2.45, 2.75) is 19.3 Å². The van der Waals surface area contributed by atoms with E-state index in [-0.39, 0.29) is 11.7 Å². The predicted octanol–water partition coefficient (Wildman–Crippen LogP) is 0.578. The molecule has 0 aliphatic carbocycles. The van der Waals surface area contributed by atoms with E-state index in [1.807, 2.05) is 0 Å². The van der Waals surface area contributed by atoms with E-state index in [1.54, 1.807) is 0 Å². The van der Waals surface area contributed by atoms with E-state index in [0.29, 0.717) is 6.42 Å². The van der Waals surface area contributed by atoms with E-state index >= 15 is 0 Å². The van der Waals surface area contributed by atoms with Gasteiger partial charge in [-0.25, -0.2) is 0 Å². The maximum atomic E-state index is 11.2. The van der Waals surface area contributed by atoms with Gasteiger partial charge in [0.25, 0.3) is 0 Å².